The number of ether oxygens (including phenoxy) is 1. The maximum absolute atomic E-state index is 12.9. The van der Waals surface area contributed by atoms with Gasteiger partial charge in [0.05, 0.1) is 18.6 Å². The molecule has 0 bridgehead atoms. The number of hydrogen-bond donors (Lipinski definition) is 0. The minimum Gasteiger partial charge on any atom is -0.494 e. The van der Waals surface area contributed by atoms with Gasteiger partial charge in [0.15, 0.2) is 0 Å². The van der Waals surface area contributed by atoms with Crippen LogP contribution in [0.2, 0.25) is 0 Å². The summed E-state index contributed by atoms with van der Waals surface area (Å²) < 4.78 is 18.6. The third-order valence-corrected chi connectivity index (χ3v) is 3.81. The zero-order valence-corrected chi connectivity index (χ0v) is 13.0. The molecule has 0 saturated heterocycles. The van der Waals surface area contributed by atoms with Crippen LogP contribution in [0.1, 0.15) is 35.4 Å². The first-order valence-electron chi connectivity index (χ1n) is 7.45. The Morgan fingerprint density at radius 2 is 1.82 bits per heavy atom. The van der Waals surface area contributed by atoms with Crippen LogP contribution >= 0.6 is 0 Å². The fourth-order valence-electron chi connectivity index (χ4n) is 2.28. The van der Waals surface area contributed by atoms with E-state index in [4.69, 9.17) is 4.74 Å². The molecule has 2 aromatic carbocycles. The van der Waals surface area contributed by atoms with E-state index in [2.05, 4.69) is 19.9 Å². The number of nitriles is 1. The quantitative estimate of drug-likeness (QED) is 0.710. The van der Waals surface area contributed by atoms with Gasteiger partial charge in [-0.2, -0.15) is 5.26 Å². The molecule has 0 heterocycles. The van der Waals surface area contributed by atoms with Crippen LogP contribution in [0.5, 0.6) is 5.75 Å². The monoisotopic (exact) mass is 297 g/mol. The smallest absolute Gasteiger partial charge is 0.123 e. The molecule has 0 fully saturated rings. The zero-order chi connectivity index (χ0) is 15.9. The molecule has 2 nitrogen and oxygen atoms in total. The van der Waals surface area contributed by atoms with Crippen molar-refractivity contribution >= 4 is 0 Å². The van der Waals surface area contributed by atoms with Gasteiger partial charge in [0.1, 0.15) is 11.6 Å². The fourth-order valence-corrected chi connectivity index (χ4v) is 2.28. The highest BCUT2D eigenvalue weighted by molar-refractivity contribution is 5.33. The normalized spacial score (nSPS) is 11.7. The molecule has 0 saturated carbocycles. The molecule has 0 aromatic heterocycles. The Hall–Kier alpha value is -2.34. The Bertz CT molecular complexity index is 658. The lowest BCUT2D eigenvalue weighted by molar-refractivity contribution is 0.304. The molecule has 0 radical (unpaired) electrons. The second-order valence-corrected chi connectivity index (χ2v) is 5.47. The van der Waals surface area contributed by atoms with Gasteiger partial charge in [-0.05, 0) is 67.6 Å². The summed E-state index contributed by atoms with van der Waals surface area (Å²) in [5, 5.41) is 9.25. The number of aryl methyl sites for hydroxylation is 2. The lowest BCUT2D eigenvalue weighted by Crippen LogP contribution is -2.02. The van der Waals surface area contributed by atoms with Crippen molar-refractivity contribution < 1.29 is 9.13 Å². The Kier molecular flexibility index (Phi) is 5.55. The molecule has 1 atom stereocenters. The Balaban J connectivity index is 1.83. The van der Waals surface area contributed by atoms with Crippen molar-refractivity contribution in [2.24, 2.45) is 0 Å². The van der Waals surface area contributed by atoms with E-state index >= 15 is 0 Å². The van der Waals surface area contributed by atoms with Crippen LogP contribution < -0.4 is 4.74 Å². The third kappa shape index (κ3) is 4.33. The van der Waals surface area contributed by atoms with Crippen molar-refractivity contribution in [3.05, 3.63) is 65.0 Å². The molecule has 1 unspecified atom stereocenters. The summed E-state index contributed by atoms with van der Waals surface area (Å²) in [4.78, 5) is 0. The number of rotatable bonds is 6. The SMILES string of the molecule is Cc1ccc(OCCCC(C#N)c2ccc(F)cc2)cc1C. The number of nitrogens with zero attached hydrogens (tertiary/aromatic N) is 1. The van der Waals surface area contributed by atoms with Gasteiger partial charge in [0.25, 0.3) is 0 Å². The van der Waals surface area contributed by atoms with Gasteiger partial charge >= 0.3 is 0 Å². The highest BCUT2D eigenvalue weighted by Crippen LogP contribution is 2.22. The van der Waals surface area contributed by atoms with Crippen LogP contribution in [0.15, 0.2) is 42.5 Å². The lowest BCUT2D eigenvalue weighted by Gasteiger charge is -2.11. The first kappa shape index (κ1) is 16.0. The van der Waals surface area contributed by atoms with Gasteiger partial charge in [-0.25, -0.2) is 4.39 Å². The molecular weight excluding hydrogens is 277 g/mol. The summed E-state index contributed by atoms with van der Waals surface area (Å²) in [5.41, 5.74) is 3.31. The molecule has 2 aromatic rings. The second-order valence-electron chi connectivity index (χ2n) is 5.47. The van der Waals surface area contributed by atoms with Crippen LogP contribution in [-0.2, 0) is 0 Å². The van der Waals surface area contributed by atoms with Crippen molar-refractivity contribution in [1.82, 2.24) is 0 Å². The van der Waals surface area contributed by atoms with Crippen molar-refractivity contribution in [2.45, 2.75) is 32.6 Å². The van der Waals surface area contributed by atoms with Gasteiger partial charge in [-0.15, -0.1) is 0 Å². The zero-order valence-electron chi connectivity index (χ0n) is 13.0. The number of benzene rings is 2. The minimum absolute atomic E-state index is 0.219. The van der Waals surface area contributed by atoms with E-state index in [1.54, 1.807) is 12.1 Å². The Labute approximate surface area is 131 Å². The van der Waals surface area contributed by atoms with Crippen LogP contribution in [0.4, 0.5) is 4.39 Å². The second kappa shape index (κ2) is 7.61. The molecule has 0 aliphatic heterocycles. The van der Waals surface area contributed by atoms with E-state index in [1.165, 1.54) is 23.3 Å². The van der Waals surface area contributed by atoms with Gasteiger partial charge < -0.3 is 4.74 Å². The molecule has 22 heavy (non-hydrogen) atoms. The summed E-state index contributed by atoms with van der Waals surface area (Å²) in [6.45, 7) is 4.70. The number of halogens is 1. The first-order chi connectivity index (χ1) is 10.6. The van der Waals surface area contributed by atoms with Crippen LogP contribution in [-0.4, -0.2) is 6.61 Å². The van der Waals surface area contributed by atoms with Crippen molar-refractivity contribution in [2.75, 3.05) is 6.61 Å². The number of hydrogen-bond acceptors (Lipinski definition) is 2. The summed E-state index contributed by atoms with van der Waals surface area (Å²) >= 11 is 0. The Morgan fingerprint density at radius 3 is 2.45 bits per heavy atom. The minimum atomic E-state index is -0.279. The predicted molar refractivity (Wildman–Crippen MR) is 85.4 cm³/mol. The largest absolute Gasteiger partial charge is 0.494 e. The average molecular weight is 297 g/mol. The third-order valence-electron chi connectivity index (χ3n) is 3.81. The summed E-state index contributed by atoms with van der Waals surface area (Å²) in [7, 11) is 0. The van der Waals surface area contributed by atoms with Crippen molar-refractivity contribution in [3.63, 3.8) is 0 Å². The lowest BCUT2D eigenvalue weighted by atomic mass is 9.96. The predicted octanol–water partition coefficient (Wildman–Crippen LogP) is 4.91. The molecule has 3 heteroatoms. The van der Waals surface area contributed by atoms with Gasteiger partial charge in [-0.3, -0.25) is 0 Å². The molecule has 0 spiro atoms. The molecule has 0 aliphatic carbocycles. The van der Waals surface area contributed by atoms with Gasteiger partial charge in [0, 0.05) is 0 Å². The molecule has 0 N–H and O–H groups in total. The van der Waals surface area contributed by atoms with Crippen LogP contribution in [0.3, 0.4) is 0 Å². The van der Waals surface area contributed by atoms with Crippen molar-refractivity contribution in [3.8, 4) is 11.8 Å². The first-order valence-corrected chi connectivity index (χ1v) is 7.45. The van der Waals surface area contributed by atoms with Crippen LogP contribution in [0, 0.1) is 31.0 Å². The maximum Gasteiger partial charge on any atom is 0.123 e. The molecule has 0 aliphatic rings. The molecule has 0 amide bonds. The molecule has 2 rings (SSSR count). The summed E-state index contributed by atoms with van der Waals surface area (Å²) in [5.74, 6) is 0.362. The highest BCUT2D eigenvalue weighted by atomic mass is 19.1. The van der Waals surface area contributed by atoms with E-state index in [0.29, 0.717) is 13.0 Å². The topological polar surface area (TPSA) is 33.0 Å². The van der Waals surface area contributed by atoms with Crippen molar-refractivity contribution in [1.29, 1.82) is 5.26 Å². The standard InChI is InChI=1S/C19H20FNO/c1-14-5-10-19(12-15(14)2)22-11-3-4-17(13-21)16-6-8-18(20)9-7-16/h5-10,12,17H,3-4,11H2,1-2H3. The van der Waals surface area contributed by atoms with Crippen LogP contribution in [0.25, 0.3) is 0 Å². The van der Waals surface area contributed by atoms with Gasteiger partial charge in [0.2, 0.25) is 0 Å². The molecule has 114 valence electrons. The van der Waals surface area contributed by atoms with E-state index in [1.807, 2.05) is 18.2 Å². The summed E-state index contributed by atoms with van der Waals surface area (Å²) in [6.07, 6.45) is 1.48. The van der Waals surface area contributed by atoms with E-state index < -0.39 is 0 Å². The highest BCUT2D eigenvalue weighted by Gasteiger charge is 2.10. The maximum atomic E-state index is 12.9. The van der Waals surface area contributed by atoms with E-state index in [-0.39, 0.29) is 11.7 Å². The van der Waals surface area contributed by atoms with E-state index in [0.717, 1.165) is 17.7 Å². The average Bonchev–Trinajstić information content (AvgIpc) is 2.52. The van der Waals surface area contributed by atoms with E-state index in [9.17, 15) is 9.65 Å². The fraction of sp³-hybridized carbons (Fsp3) is 0.316. The summed E-state index contributed by atoms with van der Waals surface area (Å²) in [6, 6.07) is 14.4. The van der Waals surface area contributed by atoms with Gasteiger partial charge in [-0.1, -0.05) is 18.2 Å². The molecular formula is C19H20FNO. The Morgan fingerprint density at radius 1 is 1.09 bits per heavy atom.